The molecule has 0 spiro atoms. The zero-order valence-electron chi connectivity index (χ0n) is 14.0. The maximum atomic E-state index is 14.1. The Morgan fingerprint density at radius 3 is 2.88 bits per heavy atom. The Morgan fingerprint density at radius 1 is 1.33 bits per heavy atom. The number of alkyl halides is 2. The molecule has 2 fully saturated rings. The first-order valence-corrected chi connectivity index (χ1v) is 8.83. The van der Waals surface area contributed by atoms with Crippen LogP contribution in [0.3, 0.4) is 0 Å². The van der Waals surface area contributed by atoms with E-state index in [1.54, 1.807) is 13.2 Å². The van der Waals surface area contributed by atoms with Crippen LogP contribution in [0.5, 0.6) is 5.75 Å². The fourth-order valence-electron chi connectivity index (χ4n) is 5.51. The lowest BCUT2D eigenvalue weighted by Gasteiger charge is -2.51. The average molecular weight is 334 g/mol. The van der Waals surface area contributed by atoms with Crippen molar-refractivity contribution in [3.05, 3.63) is 42.0 Å². The van der Waals surface area contributed by atoms with Gasteiger partial charge in [0.05, 0.1) is 13.7 Å². The highest BCUT2D eigenvalue weighted by atomic mass is 19.3. The lowest BCUT2D eigenvalue weighted by atomic mass is 9.63. The Hall–Kier alpha value is -1.42. The number of halogens is 2. The number of rotatable bonds is 3. The summed E-state index contributed by atoms with van der Waals surface area (Å²) in [6.07, 6.45) is 2.70. The van der Waals surface area contributed by atoms with Crippen LogP contribution >= 0.6 is 0 Å². The van der Waals surface area contributed by atoms with Gasteiger partial charge in [0.25, 0.3) is 6.43 Å². The number of fused-ring (bicyclic) bond motifs is 5. The van der Waals surface area contributed by atoms with E-state index >= 15 is 0 Å². The molecule has 1 aromatic rings. The zero-order valence-corrected chi connectivity index (χ0v) is 14.0. The van der Waals surface area contributed by atoms with Crippen LogP contribution in [-0.2, 0) is 11.2 Å². The van der Waals surface area contributed by atoms with Crippen molar-refractivity contribution in [1.29, 1.82) is 0 Å². The second-order valence-corrected chi connectivity index (χ2v) is 7.37. The molecule has 1 saturated heterocycles. The second kappa shape index (κ2) is 5.83. The van der Waals surface area contributed by atoms with Gasteiger partial charge in [-0.25, -0.2) is 8.78 Å². The third kappa shape index (κ3) is 2.08. The van der Waals surface area contributed by atoms with Crippen LogP contribution in [0.2, 0.25) is 0 Å². The molecule has 0 amide bonds. The molecule has 1 aromatic carbocycles. The lowest BCUT2D eigenvalue weighted by molar-refractivity contribution is -0.218. The Labute approximate surface area is 141 Å². The Morgan fingerprint density at radius 2 is 2.17 bits per heavy atom. The number of hydrogen-bond donors (Lipinski definition) is 0. The fourth-order valence-corrected chi connectivity index (χ4v) is 5.51. The maximum Gasteiger partial charge on any atom is 0.267 e. The van der Waals surface area contributed by atoms with E-state index in [1.807, 2.05) is 6.07 Å². The largest absolute Gasteiger partial charge is 0.497 e. The van der Waals surface area contributed by atoms with E-state index in [1.165, 1.54) is 11.1 Å². The molecule has 0 radical (unpaired) electrons. The Balaban J connectivity index is 1.70. The van der Waals surface area contributed by atoms with Gasteiger partial charge in [0.2, 0.25) is 0 Å². The van der Waals surface area contributed by atoms with Crippen molar-refractivity contribution in [2.45, 2.75) is 43.6 Å². The third-order valence-electron chi connectivity index (χ3n) is 6.62. The second-order valence-electron chi connectivity index (χ2n) is 7.37. The fraction of sp³-hybridized carbons (Fsp3) is 0.600. The minimum absolute atomic E-state index is 0.0745. The molecular formula is C20H24F2O2. The molecule has 4 rings (SSSR count). The first-order valence-electron chi connectivity index (χ1n) is 8.83. The average Bonchev–Trinajstić information content (AvgIpc) is 3.00. The molecule has 4 heteroatoms. The molecule has 0 aromatic heterocycles. The van der Waals surface area contributed by atoms with Crippen LogP contribution in [-0.4, -0.2) is 25.7 Å². The van der Waals surface area contributed by atoms with Gasteiger partial charge in [-0.2, -0.15) is 0 Å². The monoisotopic (exact) mass is 334 g/mol. The molecule has 130 valence electrons. The summed E-state index contributed by atoms with van der Waals surface area (Å²) in [4.78, 5) is 0. The quantitative estimate of drug-likeness (QED) is 0.753. The zero-order chi connectivity index (χ0) is 16.9. The van der Waals surface area contributed by atoms with Gasteiger partial charge >= 0.3 is 0 Å². The van der Waals surface area contributed by atoms with E-state index in [0.29, 0.717) is 6.61 Å². The number of ether oxygens (including phenoxy) is 2. The van der Waals surface area contributed by atoms with Crippen molar-refractivity contribution in [2.75, 3.05) is 13.7 Å². The van der Waals surface area contributed by atoms with Gasteiger partial charge in [0, 0.05) is 11.8 Å². The van der Waals surface area contributed by atoms with E-state index in [9.17, 15) is 8.78 Å². The molecule has 0 bridgehead atoms. The van der Waals surface area contributed by atoms with Crippen molar-refractivity contribution in [3.63, 3.8) is 0 Å². The predicted molar refractivity (Wildman–Crippen MR) is 88.6 cm³/mol. The van der Waals surface area contributed by atoms with Gasteiger partial charge < -0.3 is 9.47 Å². The van der Waals surface area contributed by atoms with Gasteiger partial charge in [0.1, 0.15) is 11.4 Å². The topological polar surface area (TPSA) is 18.5 Å². The molecule has 24 heavy (non-hydrogen) atoms. The standard InChI is InChI=1S/C20H24F2O2/c1-3-13-5-9-18-16-7-4-12-10-14(23-2)6-8-15(12)17(16)11-24-20(13,18)19(21)22/h3,6,8,10,13,16-19H,1,4-5,7,9,11H2,2H3/t13-,16-,17-,18+,20+/m1/s1. The predicted octanol–water partition coefficient (Wildman–Crippen LogP) is 4.59. The number of benzene rings is 1. The SMILES string of the molecule is C=C[C@@H]1CC[C@H]2[C@@H]3CCc4cc(OC)ccc4[C@H]3CO[C@@]12C(F)F. The normalized spacial score (nSPS) is 37.5. The van der Waals surface area contributed by atoms with Gasteiger partial charge in [-0.05, 0) is 60.8 Å². The highest BCUT2D eigenvalue weighted by Gasteiger charge is 2.62. The van der Waals surface area contributed by atoms with Crippen LogP contribution in [0.25, 0.3) is 0 Å². The summed E-state index contributed by atoms with van der Waals surface area (Å²) in [6, 6.07) is 6.16. The molecule has 0 unspecified atom stereocenters. The third-order valence-corrected chi connectivity index (χ3v) is 6.62. The highest BCUT2D eigenvalue weighted by Crippen LogP contribution is 2.59. The van der Waals surface area contributed by atoms with Crippen molar-refractivity contribution in [2.24, 2.45) is 17.8 Å². The van der Waals surface area contributed by atoms with Crippen molar-refractivity contribution in [1.82, 2.24) is 0 Å². The van der Waals surface area contributed by atoms with Gasteiger partial charge in [-0.3, -0.25) is 0 Å². The van der Waals surface area contributed by atoms with E-state index < -0.39 is 12.0 Å². The van der Waals surface area contributed by atoms with E-state index in [2.05, 4.69) is 18.7 Å². The first kappa shape index (κ1) is 16.1. The molecule has 1 aliphatic heterocycles. The van der Waals surface area contributed by atoms with Gasteiger partial charge in [-0.15, -0.1) is 6.58 Å². The van der Waals surface area contributed by atoms with Crippen molar-refractivity contribution in [3.8, 4) is 5.75 Å². The van der Waals surface area contributed by atoms with Gasteiger partial charge in [-0.1, -0.05) is 12.1 Å². The van der Waals surface area contributed by atoms with Crippen LogP contribution < -0.4 is 4.74 Å². The highest BCUT2D eigenvalue weighted by molar-refractivity contribution is 5.41. The Bertz CT molecular complexity index is 645. The summed E-state index contributed by atoms with van der Waals surface area (Å²) in [5.74, 6) is 1.05. The van der Waals surface area contributed by atoms with Crippen molar-refractivity contribution >= 4 is 0 Å². The smallest absolute Gasteiger partial charge is 0.267 e. The van der Waals surface area contributed by atoms with Crippen molar-refractivity contribution < 1.29 is 18.3 Å². The summed E-state index contributed by atoms with van der Waals surface area (Å²) in [5.41, 5.74) is 1.23. The van der Waals surface area contributed by atoms with Crippen LogP contribution in [0.4, 0.5) is 8.78 Å². The summed E-state index contributed by atoms with van der Waals surface area (Å²) < 4.78 is 39.4. The minimum Gasteiger partial charge on any atom is -0.497 e. The Kier molecular flexibility index (Phi) is 3.91. The van der Waals surface area contributed by atoms with E-state index in [-0.39, 0.29) is 23.7 Å². The van der Waals surface area contributed by atoms with Crippen LogP contribution in [0.1, 0.15) is 36.3 Å². The number of aryl methyl sites for hydroxylation is 1. The minimum atomic E-state index is -2.45. The van der Waals surface area contributed by atoms with E-state index in [4.69, 9.17) is 9.47 Å². The lowest BCUT2D eigenvalue weighted by Crippen LogP contribution is -2.56. The molecule has 5 atom stereocenters. The summed E-state index contributed by atoms with van der Waals surface area (Å²) in [7, 11) is 1.67. The number of hydrogen-bond acceptors (Lipinski definition) is 2. The number of methoxy groups -OCH3 is 1. The van der Waals surface area contributed by atoms with Gasteiger partial charge in [0.15, 0.2) is 0 Å². The molecule has 0 N–H and O–H groups in total. The van der Waals surface area contributed by atoms with E-state index in [0.717, 1.165) is 31.4 Å². The molecule has 2 nitrogen and oxygen atoms in total. The van der Waals surface area contributed by atoms with Crippen LogP contribution in [0, 0.1) is 17.8 Å². The summed E-state index contributed by atoms with van der Waals surface area (Å²) in [6.45, 7) is 4.18. The van der Waals surface area contributed by atoms with Crippen LogP contribution in [0.15, 0.2) is 30.9 Å². The first-order chi connectivity index (χ1) is 11.6. The summed E-state index contributed by atoms with van der Waals surface area (Å²) in [5, 5.41) is 0. The maximum absolute atomic E-state index is 14.1. The summed E-state index contributed by atoms with van der Waals surface area (Å²) >= 11 is 0. The molecule has 1 saturated carbocycles. The molecule has 2 aliphatic carbocycles. The molecule has 1 heterocycles. The molecular weight excluding hydrogens is 310 g/mol. The molecule has 3 aliphatic rings.